The standard InChI is InChI=1S/C20H25N3O4/c1-2-26-20(25)18-7-6-17(27-18)14-23-16(5-8-19(23)24)9-11-22-13-15-4-3-10-21-12-15/h3-4,6-7,10,12,16,22H,2,5,8-9,11,13-14H2,1H3. The number of aromatic nitrogens is 1. The van der Waals surface area contributed by atoms with Crippen molar-refractivity contribution in [2.45, 2.75) is 45.3 Å². The Morgan fingerprint density at radius 1 is 1.41 bits per heavy atom. The Kier molecular flexibility index (Phi) is 6.59. The zero-order chi connectivity index (χ0) is 19.1. The van der Waals surface area contributed by atoms with Crippen LogP contribution in [-0.2, 0) is 22.6 Å². The lowest BCUT2D eigenvalue weighted by Crippen LogP contribution is -2.34. The van der Waals surface area contributed by atoms with Crippen molar-refractivity contribution in [2.75, 3.05) is 13.2 Å². The van der Waals surface area contributed by atoms with E-state index in [-0.39, 0.29) is 17.7 Å². The zero-order valence-corrected chi connectivity index (χ0v) is 15.5. The monoisotopic (exact) mass is 371 g/mol. The lowest BCUT2D eigenvalue weighted by Gasteiger charge is -2.24. The molecule has 0 bridgehead atoms. The molecule has 0 aromatic carbocycles. The fourth-order valence-corrected chi connectivity index (χ4v) is 3.26. The van der Waals surface area contributed by atoms with Gasteiger partial charge in [-0.05, 0) is 50.1 Å². The molecule has 0 radical (unpaired) electrons. The van der Waals surface area contributed by atoms with Gasteiger partial charge in [-0.3, -0.25) is 9.78 Å². The highest BCUT2D eigenvalue weighted by Gasteiger charge is 2.31. The maximum absolute atomic E-state index is 12.3. The number of hydrogen-bond donors (Lipinski definition) is 1. The minimum Gasteiger partial charge on any atom is -0.460 e. The van der Waals surface area contributed by atoms with E-state index in [1.54, 1.807) is 25.3 Å². The van der Waals surface area contributed by atoms with E-state index in [0.29, 0.717) is 25.3 Å². The summed E-state index contributed by atoms with van der Waals surface area (Å²) in [7, 11) is 0. The highest BCUT2D eigenvalue weighted by molar-refractivity contribution is 5.86. The molecule has 144 valence electrons. The van der Waals surface area contributed by atoms with Gasteiger partial charge in [0.15, 0.2) is 0 Å². The highest BCUT2D eigenvalue weighted by atomic mass is 16.5. The molecule has 0 aliphatic carbocycles. The molecule has 7 nitrogen and oxygen atoms in total. The minimum absolute atomic E-state index is 0.126. The summed E-state index contributed by atoms with van der Waals surface area (Å²) < 4.78 is 10.5. The van der Waals surface area contributed by atoms with Crippen LogP contribution in [0.2, 0.25) is 0 Å². The van der Waals surface area contributed by atoms with Gasteiger partial charge in [-0.2, -0.15) is 0 Å². The Labute approximate surface area is 158 Å². The number of nitrogens with zero attached hydrogens (tertiary/aromatic N) is 2. The number of pyridine rings is 1. The van der Waals surface area contributed by atoms with Gasteiger partial charge in [0.2, 0.25) is 11.7 Å². The molecule has 1 N–H and O–H groups in total. The summed E-state index contributed by atoms with van der Waals surface area (Å²) in [5.41, 5.74) is 1.14. The number of rotatable bonds is 9. The molecule has 2 aromatic rings. The van der Waals surface area contributed by atoms with Crippen LogP contribution >= 0.6 is 0 Å². The van der Waals surface area contributed by atoms with Crippen LogP contribution in [0.15, 0.2) is 41.1 Å². The molecule has 1 saturated heterocycles. The van der Waals surface area contributed by atoms with Crippen molar-refractivity contribution in [1.82, 2.24) is 15.2 Å². The number of carbonyl (C=O) groups is 2. The van der Waals surface area contributed by atoms with Crippen LogP contribution in [0.5, 0.6) is 0 Å². The van der Waals surface area contributed by atoms with Crippen LogP contribution in [0.4, 0.5) is 0 Å². The molecule has 1 amide bonds. The number of ether oxygens (including phenoxy) is 1. The fourth-order valence-electron chi connectivity index (χ4n) is 3.26. The maximum atomic E-state index is 12.3. The van der Waals surface area contributed by atoms with Crippen molar-refractivity contribution in [3.8, 4) is 0 Å². The fraction of sp³-hybridized carbons (Fsp3) is 0.450. The van der Waals surface area contributed by atoms with Crippen molar-refractivity contribution >= 4 is 11.9 Å². The molecule has 2 aromatic heterocycles. The molecule has 3 heterocycles. The number of carbonyl (C=O) groups excluding carboxylic acids is 2. The van der Waals surface area contributed by atoms with E-state index in [2.05, 4.69) is 10.3 Å². The van der Waals surface area contributed by atoms with E-state index < -0.39 is 5.97 Å². The third-order valence-corrected chi connectivity index (χ3v) is 4.62. The lowest BCUT2D eigenvalue weighted by atomic mass is 10.1. The van der Waals surface area contributed by atoms with Gasteiger partial charge in [-0.1, -0.05) is 6.07 Å². The van der Waals surface area contributed by atoms with Crippen LogP contribution < -0.4 is 5.32 Å². The van der Waals surface area contributed by atoms with Crippen molar-refractivity contribution in [1.29, 1.82) is 0 Å². The average Bonchev–Trinajstić information content (AvgIpc) is 3.28. The molecule has 1 unspecified atom stereocenters. The van der Waals surface area contributed by atoms with Gasteiger partial charge in [-0.25, -0.2) is 4.79 Å². The normalized spacial score (nSPS) is 16.7. The van der Waals surface area contributed by atoms with Crippen LogP contribution in [0, 0.1) is 0 Å². The quantitative estimate of drug-likeness (QED) is 0.539. The topological polar surface area (TPSA) is 84.7 Å². The molecular formula is C20H25N3O4. The zero-order valence-electron chi connectivity index (χ0n) is 15.5. The molecule has 7 heteroatoms. The number of furan rings is 1. The van der Waals surface area contributed by atoms with Gasteiger partial charge in [0.05, 0.1) is 13.2 Å². The van der Waals surface area contributed by atoms with Gasteiger partial charge in [0, 0.05) is 31.4 Å². The number of likely N-dealkylation sites (tertiary alicyclic amines) is 1. The van der Waals surface area contributed by atoms with E-state index >= 15 is 0 Å². The molecule has 0 saturated carbocycles. The first-order chi connectivity index (χ1) is 13.2. The number of amides is 1. The van der Waals surface area contributed by atoms with Crippen molar-refractivity contribution in [2.24, 2.45) is 0 Å². The average molecular weight is 371 g/mol. The summed E-state index contributed by atoms with van der Waals surface area (Å²) in [4.78, 5) is 29.9. The molecule has 1 aliphatic rings. The van der Waals surface area contributed by atoms with Crippen molar-refractivity contribution in [3.05, 3.63) is 53.7 Å². The van der Waals surface area contributed by atoms with Gasteiger partial charge in [0.25, 0.3) is 0 Å². The Balaban J connectivity index is 1.49. The summed E-state index contributed by atoms with van der Waals surface area (Å²) >= 11 is 0. The lowest BCUT2D eigenvalue weighted by molar-refractivity contribution is -0.129. The summed E-state index contributed by atoms with van der Waals surface area (Å²) in [6.07, 6.45) is 5.87. The van der Waals surface area contributed by atoms with E-state index in [9.17, 15) is 9.59 Å². The predicted octanol–water partition coefficient (Wildman–Crippen LogP) is 2.52. The molecule has 3 rings (SSSR count). The SMILES string of the molecule is CCOC(=O)c1ccc(CN2C(=O)CCC2CCNCc2cccnc2)o1. The molecule has 1 atom stereocenters. The van der Waals surface area contributed by atoms with Gasteiger partial charge >= 0.3 is 5.97 Å². The smallest absolute Gasteiger partial charge is 0.374 e. The molecule has 1 aliphatic heterocycles. The van der Waals surface area contributed by atoms with Gasteiger partial charge in [-0.15, -0.1) is 0 Å². The molecular weight excluding hydrogens is 346 g/mol. The Bertz CT molecular complexity index is 760. The summed E-state index contributed by atoms with van der Waals surface area (Å²) in [6.45, 7) is 4.00. The molecule has 0 spiro atoms. The van der Waals surface area contributed by atoms with Crippen LogP contribution in [-0.4, -0.2) is 41.0 Å². The largest absolute Gasteiger partial charge is 0.460 e. The van der Waals surface area contributed by atoms with Crippen molar-refractivity contribution in [3.63, 3.8) is 0 Å². The number of hydrogen-bond acceptors (Lipinski definition) is 6. The second-order valence-corrected chi connectivity index (χ2v) is 6.53. The van der Waals surface area contributed by atoms with E-state index in [1.807, 2.05) is 23.2 Å². The van der Waals surface area contributed by atoms with E-state index in [4.69, 9.17) is 9.15 Å². The Morgan fingerprint density at radius 3 is 3.07 bits per heavy atom. The maximum Gasteiger partial charge on any atom is 0.374 e. The number of esters is 1. The predicted molar refractivity (Wildman–Crippen MR) is 98.8 cm³/mol. The second-order valence-electron chi connectivity index (χ2n) is 6.53. The van der Waals surface area contributed by atoms with E-state index in [0.717, 1.165) is 31.5 Å². The summed E-state index contributed by atoms with van der Waals surface area (Å²) in [6, 6.07) is 7.45. The van der Waals surface area contributed by atoms with Gasteiger partial charge in [0.1, 0.15) is 5.76 Å². The third kappa shape index (κ3) is 5.17. The summed E-state index contributed by atoms with van der Waals surface area (Å²) in [5.74, 6) is 0.420. The first-order valence-electron chi connectivity index (χ1n) is 9.32. The Hall–Kier alpha value is -2.67. The van der Waals surface area contributed by atoms with Gasteiger partial charge < -0.3 is 19.4 Å². The van der Waals surface area contributed by atoms with Crippen LogP contribution in [0.1, 0.15) is 48.1 Å². The Morgan fingerprint density at radius 2 is 2.30 bits per heavy atom. The second kappa shape index (κ2) is 9.32. The van der Waals surface area contributed by atoms with E-state index in [1.165, 1.54) is 0 Å². The van der Waals surface area contributed by atoms with Crippen LogP contribution in [0.25, 0.3) is 0 Å². The van der Waals surface area contributed by atoms with Crippen LogP contribution in [0.3, 0.4) is 0 Å². The first kappa shape index (κ1) is 19.1. The molecule has 27 heavy (non-hydrogen) atoms. The molecule has 1 fully saturated rings. The highest BCUT2D eigenvalue weighted by Crippen LogP contribution is 2.24. The first-order valence-corrected chi connectivity index (χ1v) is 9.32. The minimum atomic E-state index is -0.479. The third-order valence-electron chi connectivity index (χ3n) is 4.62. The number of nitrogens with one attached hydrogen (secondary N) is 1. The summed E-state index contributed by atoms with van der Waals surface area (Å²) in [5, 5.41) is 3.40. The van der Waals surface area contributed by atoms with Crippen molar-refractivity contribution < 1.29 is 18.7 Å².